The summed E-state index contributed by atoms with van der Waals surface area (Å²) in [5, 5.41) is 5.75. The lowest BCUT2D eigenvalue weighted by molar-refractivity contribution is 0.0924. The van der Waals surface area contributed by atoms with Gasteiger partial charge in [-0.25, -0.2) is 4.98 Å². The fourth-order valence-electron chi connectivity index (χ4n) is 1.80. The van der Waals surface area contributed by atoms with E-state index in [0.29, 0.717) is 17.6 Å². The first-order valence-corrected chi connectivity index (χ1v) is 5.99. The van der Waals surface area contributed by atoms with Crippen LogP contribution < -0.4 is 5.32 Å². The lowest BCUT2D eigenvalue weighted by Gasteiger charge is -2.21. The van der Waals surface area contributed by atoms with E-state index >= 15 is 0 Å². The predicted molar refractivity (Wildman–Crippen MR) is 67.6 cm³/mol. The Morgan fingerprint density at radius 1 is 1.75 bits per heavy atom. The molecule has 0 aromatic carbocycles. The summed E-state index contributed by atoms with van der Waals surface area (Å²) in [6, 6.07) is 0.494. The SMILES string of the molecule is CN(CC(=O)c1nccs1)C1CCNC1.Cl. The molecule has 6 heteroatoms. The van der Waals surface area contributed by atoms with Crippen molar-refractivity contribution in [2.45, 2.75) is 12.5 Å². The number of thiazole rings is 1. The average molecular weight is 262 g/mol. The minimum absolute atomic E-state index is 0. The van der Waals surface area contributed by atoms with Gasteiger partial charge < -0.3 is 5.32 Å². The third-order valence-electron chi connectivity index (χ3n) is 2.72. The molecular formula is C10H16ClN3OS. The second-order valence-corrected chi connectivity index (χ2v) is 4.72. The first-order chi connectivity index (χ1) is 7.27. The van der Waals surface area contributed by atoms with E-state index in [1.165, 1.54) is 11.3 Å². The van der Waals surface area contributed by atoms with Gasteiger partial charge in [-0.15, -0.1) is 23.7 Å². The number of carbonyl (C=O) groups is 1. The minimum Gasteiger partial charge on any atom is -0.315 e. The molecule has 1 unspecified atom stereocenters. The van der Waals surface area contributed by atoms with Crippen LogP contribution in [0.4, 0.5) is 0 Å². The molecule has 0 amide bonds. The third-order valence-corrected chi connectivity index (χ3v) is 3.54. The van der Waals surface area contributed by atoms with E-state index < -0.39 is 0 Å². The molecule has 2 heterocycles. The van der Waals surface area contributed by atoms with Crippen LogP contribution >= 0.6 is 23.7 Å². The van der Waals surface area contributed by atoms with E-state index in [1.807, 2.05) is 12.4 Å². The summed E-state index contributed by atoms with van der Waals surface area (Å²) in [4.78, 5) is 17.9. The van der Waals surface area contributed by atoms with Gasteiger partial charge in [0.05, 0.1) is 6.54 Å². The van der Waals surface area contributed by atoms with Crippen molar-refractivity contribution in [2.75, 3.05) is 26.7 Å². The van der Waals surface area contributed by atoms with Gasteiger partial charge in [-0.2, -0.15) is 0 Å². The Balaban J connectivity index is 0.00000128. The third kappa shape index (κ3) is 3.25. The topological polar surface area (TPSA) is 45.2 Å². The molecule has 0 spiro atoms. The Bertz CT molecular complexity index is 325. The normalized spacial score (nSPS) is 19.8. The van der Waals surface area contributed by atoms with E-state index in [-0.39, 0.29) is 18.2 Å². The number of ketones is 1. The molecule has 0 radical (unpaired) electrons. The molecule has 0 saturated carbocycles. The van der Waals surface area contributed by atoms with Crippen LogP contribution in [-0.4, -0.2) is 48.4 Å². The van der Waals surface area contributed by atoms with Gasteiger partial charge in [0.1, 0.15) is 0 Å². The van der Waals surface area contributed by atoms with Gasteiger partial charge in [-0.1, -0.05) is 0 Å². The lowest BCUT2D eigenvalue weighted by atomic mass is 10.2. The maximum atomic E-state index is 11.8. The first kappa shape index (κ1) is 13.6. The van der Waals surface area contributed by atoms with Gasteiger partial charge in [0.15, 0.2) is 5.01 Å². The van der Waals surface area contributed by atoms with E-state index in [9.17, 15) is 4.79 Å². The van der Waals surface area contributed by atoms with E-state index in [2.05, 4.69) is 15.2 Å². The van der Waals surface area contributed by atoms with Gasteiger partial charge in [0.25, 0.3) is 0 Å². The number of aromatic nitrogens is 1. The maximum absolute atomic E-state index is 11.8. The Morgan fingerprint density at radius 3 is 3.12 bits per heavy atom. The minimum atomic E-state index is 0. The van der Waals surface area contributed by atoms with Crippen molar-refractivity contribution in [1.29, 1.82) is 0 Å². The summed E-state index contributed by atoms with van der Waals surface area (Å²) in [6.07, 6.45) is 2.80. The van der Waals surface area contributed by atoms with Crippen molar-refractivity contribution >= 4 is 29.5 Å². The molecule has 1 aromatic rings. The van der Waals surface area contributed by atoms with Crippen LogP contribution in [-0.2, 0) is 0 Å². The number of halogens is 1. The largest absolute Gasteiger partial charge is 0.315 e. The van der Waals surface area contributed by atoms with Crippen LogP contribution in [0, 0.1) is 0 Å². The van der Waals surface area contributed by atoms with Crippen molar-refractivity contribution < 1.29 is 4.79 Å². The molecular weight excluding hydrogens is 246 g/mol. The van der Waals surface area contributed by atoms with Gasteiger partial charge in [0, 0.05) is 24.2 Å². The molecule has 1 aliphatic rings. The monoisotopic (exact) mass is 261 g/mol. The number of likely N-dealkylation sites (N-methyl/N-ethyl adjacent to an activating group) is 1. The van der Waals surface area contributed by atoms with E-state index in [4.69, 9.17) is 0 Å². The molecule has 2 rings (SSSR count). The zero-order valence-corrected chi connectivity index (χ0v) is 10.8. The van der Waals surface area contributed by atoms with Crippen molar-refractivity contribution in [2.24, 2.45) is 0 Å². The number of nitrogens with one attached hydrogen (secondary N) is 1. The number of hydrogen-bond acceptors (Lipinski definition) is 5. The molecule has 1 aromatic heterocycles. The molecule has 1 fully saturated rings. The highest BCUT2D eigenvalue weighted by Gasteiger charge is 2.21. The zero-order valence-electron chi connectivity index (χ0n) is 9.18. The molecule has 1 atom stereocenters. The Morgan fingerprint density at radius 2 is 2.56 bits per heavy atom. The number of nitrogens with zero attached hydrogens (tertiary/aromatic N) is 2. The summed E-state index contributed by atoms with van der Waals surface area (Å²) >= 11 is 1.41. The second-order valence-electron chi connectivity index (χ2n) is 3.82. The van der Waals surface area contributed by atoms with Gasteiger partial charge in [-0.3, -0.25) is 9.69 Å². The number of carbonyl (C=O) groups excluding carboxylic acids is 1. The van der Waals surface area contributed by atoms with Crippen LogP contribution in [0.25, 0.3) is 0 Å². The molecule has 1 aliphatic heterocycles. The fourth-order valence-corrected chi connectivity index (χ4v) is 2.37. The number of rotatable bonds is 4. The zero-order chi connectivity index (χ0) is 10.7. The molecule has 0 bridgehead atoms. The van der Waals surface area contributed by atoms with Crippen LogP contribution in [0.1, 0.15) is 16.2 Å². The summed E-state index contributed by atoms with van der Waals surface area (Å²) in [5.41, 5.74) is 0. The first-order valence-electron chi connectivity index (χ1n) is 5.11. The Kier molecular flexibility index (Phi) is 5.34. The smallest absolute Gasteiger partial charge is 0.205 e. The summed E-state index contributed by atoms with van der Waals surface area (Å²) in [6.45, 7) is 2.52. The summed E-state index contributed by atoms with van der Waals surface area (Å²) in [7, 11) is 2.00. The van der Waals surface area contributed by atoms with Crippen LogP contribution in [0.3, 0.4) is 0 Å². The van der Waals surface area contributed by atoms with Crippen LogP contribution in [0.5, 0.6) is 0 Å². The highest BCUT2D eigenvalue weighted by molar-refractivity contribution is 7.11. The fraction of sp³-hybridized carbons (Fsp3) is 0.600. The summed E-state index contributed by atoms with van der Waals surface area (Å²) in [5.74, 6) is 0.124. The van der Waals surface area contributed by atoms with Gasteiger partial charge >= 0.3 is 0 Å². The van der Waals surface area contributed by atoms with Gasteiger partial charge in [-0.05, 0) is 20.0 Å². The molecule has 1 saturated heterocycles. The number of hydrogen-bond donors (Lipinski definition) is 1. The Hall–Kier alpha value is -0.490. The highest BCUT2D eigenvalue weighted by Crippen LogP contribution is 2.09. The maximum Gasteiger partial charge on any atom is 0.205 e. The predicted octanol–water partition coefficient (Wildman–Crippen LogP) is 1.04. The lowest BCUT2D eigenvalue weighted by Crippen LogP contribution is -2.37. The quantitative estimate of drug-likeness (QED) is 0.823. The van der Waals surface area contributed by atoms with E-state index in [1.54, 1.807) is 6.20 Å². The van der Waals surface area contributed by atoms with Crippen molar-refractivity contribution in [3.8, 4) is 0 Å². The van der Waals surface area contributed by atoms with Gasteiger partial charge in [0.2, 0.25) is 5.78 Å². The Labute approximate surface area is 105 Å². The van der Waals surface area contributed by atoms with Crippen molar-refractivity contribution in [3.05, 3.63) is 16.6 Å². The molecule has 16 heavy (non-hydrogen) atoms. The highest BCUT2D eigenvalue weighted by atomic mass is 35.5. The average Bonchev–Trinajstić information content (AvgIpc) is 2.91. The van der Waals surface area contributed by atoms with Crippen LogP contribution in [0.15, 0.2) is 11.6 Å². The summed E-state index contributed by atoms with van der Waals surface area (Å²) < 4.78 is 0. The standard InChI is InChI=1S/C10H15N3OS.ClH/c1-13(8-2-3-11-6-8)7-9(14)10-12-4-5-15-10;/h4-5,8,11H,2-3,6-7H2,1H3;1H. The van der Waals surface area contributed by atoms with Crippen molar-refractivity contribution in [1.82, 2.24) is 15.2 Å². The van der Waals surface area contributed by atoms with Crippen molar-refractivity contribution in [3.63, 3.8) is 0 Å². The van der Waals surface area contributed by atoms with Crippen LogP contribution in [0.2, 0.25) is 0 Å². The molecule has 1 N–H and O–H groups in total. The second kappa shape index (κ2) is 6.30. The molecule has 0 aliphatic carbocycles. The molecule has 4 nitrogen and oxygen atoms in total. The molecule has 90 valence electrons. The van der Waals surface area contributed by atoms with E-state index in [0.717, 1.165) is 19.5 Å². The number of Topliss-reactive ketones (excluding diaryl/α,β-unsaturated/α-hetero) is 1.